The maximum atomic E-state index is 12.5. The van der Waals surface area contributed by atoms with Gasteiger partial charge in [-0.3, -0.25) is 9.48 Å². The maximum Gasteiger partial charge on any atom is 0.226 e. The highest BCUT2D eigenvalue weighted by Crippen LogP contribution is 2.29. The third kappa shape index (κ3) is 2.79. The second kappa shape index (κ2) is 5.81. The first-order chi connectivity index (χ1) is 9.74. The van der Waals surface area contributed by atoms with Crippen molar-refractivity contribution >= 4 is 5.91 Å². The van der Waals surface area contributed by atoms with Gasteiger partial charge in [0.15, 0.2) is 0 Å². The molecule has 1 aliphatic heterocycles. The predicted molar refractivity (Wildman–Crippen MR) is 78.2 cm³/mol. The van der Waals surface area contributed by atoms with Gasteiger partial charge in [0.2, 0.25) is 5.91 Å². The summed E-state index contributed by atoms with van der Waals surface area (Å²) in [6.45, 7) is 1.78. The molecular weight excluding hydrogens is 250 g/mol. The fourth-order valence-electron chi connectivity index (χ4n) is 3.32. The molecule has 1 amide bonds. The van der Waals surface area contributed by atoms with Gasteiger partial charge in [0, 0.05) is 38.2 Å². The Morgan fingerprint density at radius 2 is 2.05 bits per heavy atom. The number of carbonyl (C=O) groups is 1. The van der Waals surface area contributed by atoms with Crippen molar-refractivity contribution in [2.75, 3.05) is 13.1 Å². The lowest BCUT2D eigenvalue weighted by Crippen LogP contribution is -2.41. The summed E-state index contributed by atoms with van der Waals surface area (Å²) in [7, 11) is 1.96. The molecule has 3 rings (SSSR count). The van der Waals surface area contributed by atoms with E-state index in [0.717, 1.165) is 45.2 Å². The van der Waals surface area contributed by atoms with E-state index in [0.29, 0.717) is 11.8 Å². The molecule has 0 spiro atoms. The molecular formula is C16H23N3O. The third-order valence-electron chi connectivity index (χ3n) is 4.58. The number of aryl methyl sites for hydroxylation is 1. The van der Waals surface area contributed by atoms with Crippen LogP contribution in [0.15, 0.2) is 24.4 Å². The molecule has 20 heavy (non-hydrogen) atoms. The molecule has 1 atom stereocenters. The second-order valence-electron chi connectivity index (χ2n) is 6.00. The number of allylic oxidation sites excluding steroid dienone is 2. The lowest BCUT2D eigenvalue weighted by molar-refractivity contribution is -0.136. The third-order valence-corrected chi connectivity index (χ3v) is 4.58. The van der Waals surface area contributed by atoms with Crippen LogP contribution in [0.5, 0.6) is 0 Å². The fourth-order valence-corrected chi connectivity index (χ4v) is 3.32. The Hall–Kier alpha value is -1.58. The summed E-state index contributed by atoms with van der Waals surface area (Å²) in [5.41, 5.74) is 1.18. The van der Waals surface area contributed by atoms with E-state index in [-0.39, 0.29) is 5.92 Å². The van der Waals surface area contributed by atoms with Gasteiger partial charge < -0.3 is 4.90 Å². The van der Waals surface area contributed by atoms with E-state index in [1.54, 1.807) is 0 Å². The van der Waals surface area contributed by atoms with Gasteiger partial charge in [-0.1, -0.05) is 12.2 Å². The summed E-state index contributed by atoms with van der Waals surface area (Å²) in [5, 5.41) is 4.50. The van der Waals surface area contributed by atoms with E-state index in [4.69, 9.17) is 0 Å². The van der Waals surface area contributed by atoms with Crippen LogP contribution in [0.25, 0.3) is 0 Å². The highest BCUT2D eigenvalue weighted by atomic mass is 16.2. The molecule has 4 heteroatoms. The molecule has 108 valence electrons. The molecule has 0 aromatic carbocycles. The standard InChI is InChI=1S/C16H23N3O/c1-18-10-9-15(17-18)13-7-11-19(12-8-13)16(20)14-5-3-2-4-6-14/h2-3,9-10,13-14H,4-8,11-12H2,1H3/t14-/m1/s1. The van der Waals surface area contributed by atoms with Crippen molar-refractivity contribution in [2.45, 2.75) is 38.0 Å². The van der Waals surface area contributed by atoms with Crippen LogP contribution in [0.3, 0.4) is 0 Å². The Kier molecular flexibility index (Phi) is 3.90. The van der Waals surface area contributed by atoms with Crippen molar-refractivity contribution in [3.05, 3.63) is 30.1 Å². The predicted octanol–water partition coefficient (Wildman–Crippen LogP) is 2.48. The zero-order valence-electron chi connectivity index (χ0n) is 12.2. The second-order valence-corrected chi connectivity index (χ2v) is 6.00. The van der Waals surface area contributed by atoms with E-state index in [1.807, 2.05) is 17.9 Å². The van der Waals surface area contributed by atoms with Gasteiger partial charge in [-0.2, -0.15) is 5.10 Å². The van der Waals surface area contributed by atoms with Crippen molar-refractivity contribution < 1.29 is 4.79 Å². The van der Waals surface area contributed by atoms with E-state index < -0.39 is 0 Å². The molecule has 1 saturated heterocycles. The Bertz CT molecular complexity index is 498. The number of amides is 1. The van der Waals surface area contributed by atoms with Gasteiger partial charge in [0.05, 0.1) is 5.69 Å². The Morgan fingerprint density at radius 1 is 1.25 bits per heavy atom. The molecule has 0 unspecified atom stereocenters. The molecule has 2 heterocycles. The first-order valence-corrected chi connectivity index (χ1v) is 7.67. The number of likely N-dealkylation sites (tertiary alicyclic amines) is 1. The van der Waals surface area contributed by atoms with Crippen molar-refractivity contribution in [3.8, 4) is 0 Å². The highest BCUT2D eigenvalue weighted by Gasteiger charge is 2.29. The average Bonchev–Trinajstić information content (AvgIpc) is 2.94. The van der Waals surface area contributed by atoms with Crippen molar-refractivity contribution in [3.63, 3.8) is 0 Å². The molecule has 0 saturated carbocycles. The lowest BCUT2D eigenvalue weighted by atomic mass is 9.90. The SMILES string of the molecule is Cn1ccc(C2CCN(C(=O)[C@@H]3CC=CCC3)CC2)n1. The van der Waals surface area contributed by atoms with Crippen LogP contribution < -0.4 is 0 Å². The van der Waals surface area contributed by atoms with E-state index in [9.17, 15) is 4.79 Å². The van der Waals surface area contributed by atoms with Crippen LogP contribution in [-0.4, -0.2) is 33.7 Å². The summed E-state index contributed by atoms with van der Waals surface area (Å²) >= 11 is 0. The molecule has 1 aromatic heterocycles. The molecule has 2 aliphatic rings. The van der Waals surface area contributed by atoms with Crippen LogP contribution >= 0.6 is 0 Å². The minimum Gasteiger partial charge on any atom is -0.342 e. The zero-order chi connectivity index (χ0) is 13.9. The summed E-state index contributed by atoms with van der Waals surface area (Å²) in [4.78, 5) is 14.5. The Labute approximate surface area is 120 Å². The number of nitrogens with zero attached hydrogens (tertiary/aromatic N) is 3. The first-order valence-electron chi connectivity index (χ1n) is 7.67. The fraction of sp³-hybridized carbons (Fsp3) is 0.625. The van der Waals surface area contributed by atoms with E-state index >= 15 is 0 Å². The maximum absolute atomic E-state index is 12.5. The Balaban J connectivity index is 1.55. The molecule has 0 bridgehead atoms. The minimum absolute atomic E-state index is 0.228. The molecule has 1 aromatic rings. The van der Waals surface area contributed by atoms with E-state index in [2.05, 4.69) is 28.2 Å². The van der Waals surface area contributed by atoms with Gasteiger partial charge >= 0.3 is 0 Å². The average molecular weight is 273 g/mol. The molecule has 4 nitrogen and oxygen atoms in total. The number of piperidine rings is 1. The van der Waals surface area contributed by atoms with Gasteiger partial charge in [0.1, 0.15) is 0 Å². The minimum atomic E-state index is 0.228. The molecule has 1 fully saturated rings. The van der Waals surface area contributed by atoms with E-state index in [1.165, 1.54) is 5.69 Å². The molecule has 1 aliphatic carbocycles. The van der Waals surface area contributed by atoms with Crippen LogP contribution in [0.2, 0.25) is 0 Å². The normalized spacial score (nSPS) is 24.1. The summed E-state index contributed by atoms with van der Waals surface area (Å²) in [5.74, 6) is 1.12. The summed E-state index contributed by atoms with van der Waals surface area (Å²) in [6, 6.07) is 2.11. The number of carbonyl (C=O) groups excluding carboxylic acids is 1. The largest absolute Gasteiger partial charge is 0.342 e. The van der Waals surface area contributed by atoms with Crippen molar-refractivity contribution in [1.29, 1.82) is 0 Å². The number of aromatic nitrogens is 2. The highest BCUT2D eigenvalue weighted by molar-refractivity contribution is 5.79. The molecule has 0 radical (unpaired) electrons. The van der Waals surface area contributed by atoms with Crippen molar-refractivity contribution in [2.24, 2.45) is 13.0 Å². The summed E-state index contributed by atoms with van der Waals surface area (Å²) in [6.07, 6.45) is 11.5. The van der Waals surface area contributed by atoms with Crippen molar-refractivity contribution in [1.82, 2.24) is 14.7 Å². The number of rotatable bonds is 2. The van der Waals surface area contributed by atoms with Gasteiger partial charge in [-0.05, 0) is 38.2 Å². The smallest absolute Gasteiger partial charge is 0.226 e. The van der Waals surface area contributed by atoms with Crippen LogP contribution in [0.4, 0.5) is 0 Å². The zero-order valence-corrected chi connectivity index (χ0v) is 12.2. The van der Waals surface area contributed by atoms with Crippen LogP contribution in [-0.2, 0) is 11.8 Å². The monoisotopic (exact) mass is 273 g/mol. The topological polar surface area (TPSA) is 38.1 Å². The molecule has 0 N–H and O–H groups in total. The van der Waals surface area contributed by atoms with Gasteiger partial charge in [-0.15, -0.1) is 0 Å². The number of hydrogen-bond acceptors (Lipinski definition) is 2. The van der Waals surface area contributed by atoms with Crippen LogP contribution in [0, 0.1) is 5.92 Å². The van der Waals surface area contributed by atoms with Gasteiger partial charge in [0.25, 0.3) is 0 Å². The quantitative estimate of drug-likeness (QED) is 0.776. The number of hydrogen-bond donors (Lipinski definition) is 0. The first kappa shape index (κ1) is 13.4. The summed E-state index contributed by atoms with van der Waals surface area (Å²) < 4.78 is 1.86. The Morgan fingerprint density at radius 3 is 2.65 bits per heavy atom. The lowest BCUT2D eigenvalue weighted by Gasteiger charge is -2.34. The van der Waals surface area contributed by atoms with Gasteiger partial charge in [-0.25, -0.2) is 0 Å². The van der Waals surface area contributed by atoms with Crippen LogP contribution in [0.1, 0.15) is 43.7 Å².